The summed E-state index contributed by atoms with van der Waals surface area (Å²) in [6.07, 6.45) is 4.96. The number of imidazole rings is 1. The van der Waals surface area contributed by atoms with Gasteiger partial charge in [0.1, 0.15) is 5.82 Å². The minimum Gasteiger partial charge on any atom is -0.376 e. The van der Waals surface area contributed by atoms with Gasteiger partial charge in [0.2, 0.25) is 0 Å². The van der Waals surface area contributed by atoms with Crippen molar-refractivity contribution in [2.45, 2.75) is 57.8 Å². The molecular weight excluding hydrogens is 372 g/mol. The zero-order valence-corrected chi connectivity index (χ0v) is 18.7. The molecule has 30 heavy (non-hydrogen) atoms. The lowest BCUT2D eigenvalue weighted by Crippen LogP contribution is -2.17. The third-order valence-corrected chi connectivity index (χ3v) is 6.10. The molecule has 1 aromatic heterocycles. The molecule has 2 aromatic carbocycles. The van der Waals surface area contributed by atoms with Crippen molar-refractivity contribution in [1.29, 1.82) is 0 Å². The van der Waals surface area contributed by atoms with Gasteiger partial charge in [-0.3, -0.25) is 4.79 Å². The zero-order chi connectivity index (χ0) is 21.5. The molecule has 0 atom stereocenters. The number of anilines is 2. The van der Waals surface area contributed by atoms with Crippen LogP contribution in [0.5, 0.6) is 0 Å². The summed E-state index contributed by atoms with van der Waals surface area (Å²) in [7, 11) is 3.97. The largest absolute Gasteiger partial charge is 0.376 e. The van der Waals surface area contributed by atoms with Gasteiger partial charge in [-0.1, -0.05) is 45.7 Å². The van der Waals surface area contributed by atoms with Crippen LogP contribution in [0.1, 0.15) is 74.1 Å². The lowest BCUT2D eigenvalue weighted by Gasteiger charge is -2.20. The van der Waals surface area contributed by atoms with E-state index in [0.29, 0.717) is 11.5 Å². The van der Waals surface area contributed by atoms with E-state index < -0.39 is 0 Å². The Bertz CT molecular complexity index is 1050. The molecule has 1 aliphatic rings. The van der Waals surface area contributed by atoms with Crippen LogP contribution >= 0.6 is 0 Å². The molecule has 0 unspecified atom stereocenters. The summed E-state index contributed by atoms with van der Waals surface area (Å²) in [4.78, 5) is 23.3. The highest BCUT2D eigenvalue weighted by Crippen LogP contribution is 2.35. The maximum Gasteiger partial charge on any atom is 0.255 e. The second-order valence-electron chi connectivity index (χ2n) is 9.67. The molecule has 1 aliphatic carbocycles. The standard InChI is InChI=1S/C25H32N4O/c1-25(2,3)18-12-10-17(11-13-18)24(30)28-21-14-19-20(15-22(21)29(4)5)27-23(26-19)16-8-6-7-9-16/h10-16H,6-9H2,1-5H3,(H,26,27)(H,28,30). The number of hydrogen-bond donors (Lipinski definition) is 2. The van der Waals surface area contributed by atoms with Crippen LogP contribution in [-0.2, 0) is 5.41 Å². The number of amides is 1. The number of nitrogens with one attached hydrogen (secondary N) is 2. The van der Waals surface area contributed by atoms with E-state index in [0.717, 1.165) is 28.2 Å². The molecule has 1 saturated carbocycles. The topological polar surface area (TPSA) is 61.0 Å². The molecule has 158 valence electrons. The number of benzene rings is 2. The van der Waals surface area contributed by atoms with Crippen molar-refractivity contribution < 1.29 is 4.79 Å². The van der Waals surface area contributed by atoms with Crippen LogP contribution in [0.4, 0.5) is 11.4 Å². The van der Waals surface area contributed by atoms with Crippen LogP contribution < -0.4 is 10.2 Å². The van der Waals surface area contributed by atoms with Gasteiger partial charge in [0.05, 0.1) is 22.4 Å². The molecule has 1 fully saturated rings. The third kappa shape index (κ3) is 4.07. The molecule has 5 heteroatoms. The predicted molar refractivity (Wildman–Crippen MR) is 125 cm³/mol. The second-order valence-corrected chi connectivity index (χ2v) is 9.67. The van der Waals surface area contributed by atoms with Gasteiger partial charge in [-0.2, -0.15) is 0 Å². The van der Waals surface area contributed by atoms with Crippen LogP contribution in [0, 0.1) is 0 Å². The average Bonchev–Trinajstić information content (AvgIpc) is 3.36. The van der Waals surface area contributed by atoms with E-state index in [1.54, 1.807) is 0 Å². The maximum absolute atomic E-state index is 12.9. The number of aromatic amines is 1. The summed E-state index contributed by atoms with van der Waals surface area (Å²) in [6, 6.07) is 11.9. The molecule has 2 N–H and O–H groups in total. The summed E-state index contributed by atoms with van der Waals surface area (Å²) in [5.41, 5.74) is 5.60. The number of H-pyrrole nitrogens is 1. The Hall–Kier alpha value is -2.82. The third-order valence-electron chi connectivity index (χ3n) is 6.10. The quantitative estimate of drug-likeness (QED) is 0.574. The van der Waals surface area contributed by atoms with Crippen LogP contribution in [0.3, 0.4) is 0 Å². The van der Waals surface area contributed by atoms with Gasteiger partial charge in [-0.15, -0.1) is 0 Å². The Kier molecular flexibility index (Phi) is 5.31. The molecule has 0 saturated heterocycles. The highest BCUT2D eigenvalue weighted by molar-refractivity contribution is 6.07. The van der Waals surface area contributed by atoms with Crippen LogP contribution in [0.25, 0.3) is 11.0 Å². The minimum absolute atomic E-state index is 0.0653. The molecule has 0 radical (unpaired) electrons. The summed E-state index contributed by atoms with van der Waals surface area (Å²) < 4.78 is 0. The fourth-order valence-electron chi connectivity index (χ4n) is 4.24. The van der Waals surface area contributed by atoms with Crippen molar-refractivity contribution in [2.75, 3.05) is 24.3 Å². The van der Waals surface area contributed by atoms with Gasteiger partial charge in [0.25, 0.3) is 5.91 Å². The number of nitrogens with zero attached hydrogens (tertiary/aromatic N) is 2. The molecule has 4 rings (SSSR count). The van der Waals surface area contributed by atoms with Crippen LogP contribution in [-0.4, -0.2) is 30.0 Å². The monoisotopic (exact) mass is 404 g/mol. The van der Waals surface area contributed by atoms with Gasteiger partial charge < -0.3 is 15.2 Å². The highest BCUT2D eigenvalue weighted by Gasteiger charge is 2.21. The number of carbonyl (C=O) groups is 1. The molecule has 1 amide bonds. The van der Waals surface area contributed by atoms with Gasteiger partial charge in [-0.05, 0) is 48.1 Å². The highest BCUT2D eigenvalue weighted by atomic mass is 16.1. The first-order valence-corrected chi connectivity index (χ1v) is 10.9. The Morgan fingerprint density at radius 3 is 2.37 bits per heavy atom. The van der Waals surface area contributed by atoms with Gasteiger partial charge in [0, 0.05) is 25.6 Å². The van der Waals surface area contributed by atoms with Crippen molar-refractivity contribution in [3.63, 3.8) is 0 Å². The first-order valence-electron chi connectivity index (χ1n) is 10.9. The van der Waals surface area contributed by atoms with Crippen LogP contribution in [0.15, 0.2) is 36.4 Å². The number of aromatic nitrogens is 2. The summed E-state index contributed by atoms with van der Waals surface area (Å²) in [5.74, 6) is 1.50. The molecule has 3 aromatic rings. The lowest BCUT2D eigenvalue weighted by atomic mass is 9.87. The summed E-state index contributed by atoms with van der Waals surface area (Å²) in [5, 5.41) is 3.11. The van der Waals surface area contributed by atoms with E-state index >= 15 is 0 Å². The van der Waals surface area contributed by atoms with Gasteiger partial charge >= 0.3 is 0 Å². The van der Waals surface area contributed by atoms with Crippen molar-refractivity contribution in [1.82, 2.24) is 9.97 Å². The molecular formula is C25H32N4O. The lowest BCUT2D eigenvalue weighted by molar-refractivity contribution is 0.102. The zero-order valence-electron chi connectivity index (χ0n) is 18.7. The van der Waals surface area contributed by atoms with E-state index in [9.17, 15) is 4.79 Å². The minimum atomic E-state index is -0.103. The Balaban J connectivity index is 1.63. The fourth-order valence-corrected chi connectivity index (χ4v) is 4.24. The first-order chi connectivity index (χ1) is 14.2. The SMILES string of the molecule is CN(C)c1cc2nc(C3CCCC3)[nH]c2cc1NC(=O)c1ccc(C(C)(C)C)cc1. The smallest absolute Gasteiger partial charge is 0.255 e. The molecule has 0 bridgehead atoms. The van der Waals surface area contributed by atoms with E-state index in [1.165, 1.54) is 31.2 Å². The number of rotatable bonds is 4. The summed E-state index contributed by atoms with van der Waals surface area (Å²) in [6.45, 7) is 6.51. The van der Waals surface area contributed by atoms with E-state index in [1.807, 2.05) is 49.3 Å². The molecule has 1 heterocycles. The van der Waals surface area contributed by atoms with Gasteiger partial charge in [0.15, 0.2) is 0 Å². The first kappa shape index (κ1) is 20.5. The van der Waals surface area contributed by atoms with Crippen molar-refractivity contribution in [3.05, 3.63) is 53.3 Å². The molecule has 5 nitrogen and oxygen atoms in total. The predicted octanol–water partition coefficient (Wildman–Crippen LogP) is 5.84. The fraction of sp³-hybridized carbons (Fsp3) is 0.440. The van der Waals surface area contributed by atoms with Crippen LogP contribution in [0.2, 0.25) is 0 Å². The van der Waals surface area contributed by atoms with Gasteiger partial charge in [-0.25, -0.2) is 4.98 Å². The van der Waals surface area contributed by atoms with Crippen molar-refractivity contribution in [2.24, 2.45) is 0 Å². The second kappa shape index (κ2) is 7.78. The van der Waals surface area contributed by atoms with Crippen molar-refractivity contribution >= 4 is 28.3 Å². The molecule has 0 aliphatic heterocycles. The maximum atomic E-state index is 12.9. The van der Waals surface area contributed by atoms with E-state index in [4.69, 9.17) is 4.98 Å². The Labute approximate surface area is 178 Å². The Morgan fingerprint density at radius 1 is 1.10 bits per heavy atom. The van der Waals surface area contributed by atoms with E-state index in [-0.39, 0.29) is 11.3 Å². The number of hydrogen-bond acceptors (Lipinski definition) is 3. The Morgan fingerprint density at radius 2 is 1.77 bits per heavy atom. The number of carbonyl (C=O) groups excluding carboxylic acids is 1. The molecule has 0 spiro atoms. The summed E-state index contributed by atoms with van der Waals surface area (Å²) >= 11 is 0. The average molecular weight is 405 g/mol. The van der Waals surface area contributed by atoms with Crippen molar-refractivity contribution in [3.8, 4) is 0 Å². The normalized spacial score (nSPS) is 15.0. The number of fused-ring (bicyclic) bond motifs is 1. The van der Waals surface area contributed by atoms with E-state index in [2.05, 4.69) is 37.1 Å².